The maximum atomic E-state index is 14.1. The number of methoxy groups -OCH3 is 1. The third-order valence-corrected chi connectivity index (χ3v) is 4.47. The Hall–Kier alpha value is -3.52. The van der Waals surface area contributed by atoms with Crippen LogP contribution in [0.2, 0.25) is 0 Å². The number of likely N-dealkylation sites (N-methyl/N-ethyl adjacent to an activating group) is 1. The Morgan fingerprint density at radius 2 is 1.97 bits per heavy atom. The second-order valence-electron chi connectivity index (χ2n) is 6.74. The van der Waals surface area contributed by atoms with Gasteiger partial charge in [0, 0.05) is 49.9 Å². The van der Waals surface area contributed by atoms with Gasteiger partial charge < -0.3 is 19.5 Å². The summed E-state index contributed by atoms with van der Waals surface area (Å²) < 4.78 is 20.7. The van der Waals surface area contributed by atoms with Gasteiger partial charge in [-0.1, -0.05) is 30.3 Å². The molecule has 0 atom stereocenters. The van der Waals surface area contributed by atoms with E-state index in [4.69, 9.17) is 4.74 Å². The zero-order valence-corrected chi connectivity index (χ0v) is 16.8. The molecule has 1 aromatic heterocycles. The summed E-state index contributed by atoms with van der Waals surface area (Å²) in [6, 6.07) is 13.3. The smallest absolute Gasteiger partial charge is 0.253 e. The number of anilines is 1. The topological polar surface area (TPSA) is 76.5 Å². The van der Waals surface area contributed by atoms with E-state index < -0.39 is 5.82 Å². The molecule has 3 aromatic rings. The standard InChI is InChI=1S/C22H23FN4O3/c1-26(10-11-30-2)22(29)17-12-18(23)14-19(13-17)25-20(28)15-27-9-8-24-21(27)16-6-4-3-5-7-16/h3-9,12-14H,10-11,15H2,1-2H3,(H,25,28). The molecule has 8 heteroatoms. The second-order valence-corrected chi connectivity index (χ2v) is 6.74. The van der Waals surface area contributed by atoms with Crippen LogP contribution in [0.25, 0.3) is 11.4 Å². The van der Waals surface area contributed by atoms with Crippen LogP contribution in [0.1, 0.15) is 10.4 Å². The minimum Gasteiger partial charge on any atom is -0.383 e. The molecule has 0 bridgehead atoms. The predicted molar refractivity (Wildman–Crippen MR) is 112 cm³/mol. The Bertz CT molecular complexity index is 1020. The fraction of sp³-hybridized carbons (Fsp3) is 0.227. The van der Waals surface area contributed by atoms with Crippen molar-refractivity contribution < 1.29 is 18.7 Å². The number of halogens is 1. The van der Waals surface area contributed by atoms with Crippen molar-refractivity contribution in [2.45, 2.75) is 6.54 Å². The quantitative estimate of drug-likeness (QED) is 0.619. The molecule has 1 N–H and O–H groups in total. The largest absolute Gasteiger partial charge is 0.383 e. The number of hydrogen-bond acceptors (Lipinski definition) is 4. The predicted octanol–water partition coefficient (Wildman–Crippen LogP) is 3.05. The summed E-state index contributed by atoms with van der Waals surface area (Å²) in [7, 11) is 3.15. The number of imidazole rings is 1. The molecule has 0 aliphatic heterocycles. The van der Waals surface area contributed by atoms with Gasteiger partial charge in [-0.05, 0) is 18.2 Å². The number of carbonyl (C=O) groups excluding carboxylic acids is 2. The molecule has 2 amide bonds. The van der Waals surface area contributed by atoms with Crippen LogP contribution in [-0.2, 0) is 16.1 Å². The number of rotatable bonds is 8. The van der Waals surface area contributed by atoms with E-state index in [1.54, 1.807) is 24.0 Å². The van der Waals surface area contributed by atoms with Gasteiger partial charge in [0.05, 0.1) is 6.61 Å². The summed E-state index contributed by atoms with van der Waals surface area (Å²) in [5.41, 5.74) is 1.24. The van der Waals surface area contributed by atoms with Gasteiger partial charge in [0.2, 0.25) is 5.91 Å². The summed E-state index contributed by atoms with van der Waals surface area (Å²) in [6.45, 7) is 0.740. The van der Waals surface area contributed by atoms with E-state index in [9.17, 15) is 14.0 Å². The third kappa shape index (κ3) is 5.30. The van der Waals surface area contributed by atoms with Crippen LogP contribution in [0.3, 0.4) is 0 Å². The summed E-state index contributed by atoms with van der Waals surface area (Å²) in [5.74, 6) is -0.672. The highest BCUT2D eigenvalue weighted by atomic mass is 19.1. The van der Waals surface area contributed by atoms with Gasteiger partial charge in [0.25, 0.3) is 5.91 Å². The first kappa shape index (κ1) is 21.2. The number of aromatic nitrogens is 2. The van der Waals surface area contributed by atoms with Crippen LogP contribution < -0.4 is 5.32 Å². The number of carbonyl (C=O) groups is 2. The number of ether oxygens (including phenoxy) is 1. The summed E-state index contributed by atoms with van der Waals surface area (Å²) >= 11 is 0. The second kappa shape index (κ2) is 9.80. The lowest BCUT2D eigenvalue weighted by molar-refractivity contribution is -0.116. The molecule has 1 heterocycles. The SMILES string of the molecule is COCCN(C)C(=O)c1cc(F)cc(NC(=O)Cn2ccnc2-c2ccccc2)c1. The Labute approximate surface area is 174 Å². The zero-order valence-electron chi connectivity index (χ0n) is 16.8. The van der Waals surface area contributed by atoms with Gasteiger partial charge in [-0.2, -0.15) is 0 Å². The number of nitrogens with one attached hydrogen (secondary N) is 1. The van der Waals surface area contributed by atoms with Crippen LogP contribution in [0.15, 0.2) is 60.9 Å². The molecule has 0 unspecified atom stereocenters. The van der Waals surface area contributed by atoms with Crippen LogP contribution in [0.5, 0.6) is 0 Å². The van der Waals surface area contributed by atoms with Crippen molar-refractivity contribution in [3.8, 4) is 11.4 Å². The molecule has 7 nitrogen and oxygen atoms in total. The molecule has 2 aromatic carbocycles. The first-order valence-electron chi connectivity index (χ1n) is 9.39. The van der Waals surface area contributed by atoms with Crippen molar-refractivity contribution in [3.63, 3.8) is 0 Å². The molecule has 0 spiro atoms. The molecule has 156 valence electrons. The molecule has 0 radical (unpaired) electrons. The van der Waals surface area contributed by atoms with Gasteiger partial charge in [-0.3, -0.25) is 9.59 Å². The number of nitrogens with zero attached hydrogens (tertiary/aromatic N) is 3. The van der Waals surface area contributed by atoms with E-state index in [0.29, 0.717) is 19.0 Å². The lowest BCUT2D eigenvalue weighted by atomic mass is 10.1. The highest BCUT2D eigenvalue weighted by Crippen LogP contribution is 2.18. The average Bonchev–Trinajstić information content (AvgIpc) is 3.19. The maximum absolute atomic E-state index is 14.1. The first-order valence-corrected chi connectivity index (χ1v) is 9.39. The fourth-order valence-electron chi connectivity index (χ4n) is 2.97. The lowest BCUT2D eigenvalue weighted by Crippen LogP contribution is -2.30. The summed E-state index contributed by atoms with van der Waals surface area (Å²) in [6.07, 6.45) is 3.32. The Balaban J connectivity index is 1.71. The van der Waals surface area contributed by atoms with Crippen molar-refractivity contribution in [1.82, 2.24) is 14.5 Å². The summed E-state index contributed by atoms with van der Waals surface area (Å²) in [4.78, 5) is 30.8. The van der Waals surface area contributed by atoms with E-state index in [1.807, 2.05) is 30.3 Å². The fourth-order valence-corrected chi connectivity index (χ4v) is 2.97. The zero-order chi connectivity index (χ0) is 21.5. The van der Waals surface area contributed by atoms with Crippen molar-refractivity contribution in [3.05, 3.63) is 72.3 Å². The normalized spacial score (nSPS) is 10.6. The van der Waals surface area contributed by atoms with Gasteiger partial charge in [-0.25, -0.2) is 9.37 Å². The Kier molecular flexibility index (Phi) is 6.92. The molecule has 0 saturated carbocycles. The van der Waals surface area contributed by atoms with Crippen LogP contribution in [-0.4, -0.2) is 53.6 Å². The molecule has 0 aliphatic carbocycles. The van der Waals surface area contributed by atoms with E-state index in [0.717, 1.165) is 11.6 Å². The first-order chi connectivity index (χ1) is 14.5. The van der Waals surface area contributed by atoms with Crippen LogP contribution in [0, 0.1) is 5.82 Å². The van der Waals surface area contributed by atoms with E-state index in [1.165, 1.54) is 24.1 Å². The minimum atomic E-state index is -0.608. The highest BCUT2D eigenvalue weighted by molar-refractivity contribution is 5.97. The molecular weight excluding hydrogens is 387 g/mol. The molecular formula is C22H23FN4O3. The van der Waals surface area contributed by atoms with Gasteiger partial charge in [-0.15, -0.1) is 0 Å². The van der Waals surface area contributed by atoms with Gasteiger partial charge in [0.15, 0.2) is 0 Å². The van der Waals surface area contributed by atoms with E-state index in [-0.39, 0.29) is 29.6 Å². The average molecular weight is 410 g/mol. The monoisotopic (exact) mass is 410 g/mol. The highest BCUT2D eigenvalue weighted by Gasteiger charge is 2.15. The van der Waals surface area contributed by atoms with Crippen LogP contribution >= 0.6 is 0 Å². The van der Waals surface area contributed by atoms with Crippen molar-refractivity contribution in [2.75, 3.05) is 32.6 Å². The van der Waals surface area contributed by atoms with Gasteiger partial charge in [0.1, 0.15) is 18.2 Å². The maximum Gasteiger partial charge on any atom is 0.253 e. The Morgan fingerprint density at radius 3 is 2.70 bits per heavy atom. The Morgan fingerprint density at radius 1 is 1.20 bits per heavy atom. The van der Waals surface area contributed by atoms with Crippen molar-refractivity contribution in [2.24, 2.45) is 0 Å². The molecule has 0 fully saturated rings. The third-order valence-electron chi connectivity index (χ3n) is 4.47. The van der Waals surface area contributed by atoms with E-state index >= 15 is 0 Å². The molecule has 0 aliphatic rings. The number of amides is 2. The molecule has 0 saturated heterocycles. The van der Waals surface area contributed by atoms with Gasteiger partial charge >= 0.3 is 0 Å². The molecule has 3 rings (SSSR count). The number of hydrogen-bond donors (Lipinski definition) is 1. The van der Waals surface area contributed by atoms with Crippen molar-refractivity contribution in [1.29, 1.82) is 0 Å². The van der Waals surface area contributed by atoms with Crippen LogP contribution in [0.4, 0.5) is 10.1 Å². The lowest BCUT2D eigenvalue weighted by Gasteiger charge is -2.17. The minimum absolute atomic E-state index is 0.00222. The van der Waals surface area contributed by atoms with Crippen molar-refractivity contribution >= 4 is 17.5 Å². The summed E-state index contributed by atoms with van der Waals surface area (Å²) in [5, 5.41) is 2.65. The van der Waals surface area contributed by atoms with E-state index in [2.05, 4.69) is 10.3 Å². The molecule has 30 heavy (non-hydrogen) atoms. The number of benzene rings is 2.